The van der Waals surface area contributed by atoms with Gasteiger partial charge in [-0.2, -0.15) is 0 Å². The lowest BCUT2D eigenvalue weighted by atomic mass is 10.1. The van der Waals surface area contributed by atoms with Gasteiger partial charge < -0.3 is 14.6 Å². The van der Waals surface area contributed by atoms with E-state index in [2.05, 4.69) is 4.99 Å². The van der Waals surface area contributed by atoms with E-state index in [1.807, 2.05) is 0 Å². The lowest BCUT2D eigenvalue weighted by Gasteiger charge is -2.14. The first-order valence-electron chi connectivity index (χ1n) is 10.6. The summed E-state index contributed by atoms with van der Waals surface area (Å²) in [4.78, 5) is 30.1. The second kappa shape index (κ2) is 10.8. The number of carbonyl (C=O) groups excluding carboxylic acids is 1. The van der Waals surface area contributed by atoms with Crippen LogP contribution in [0.1, 0.15) is 21.5 Å². The Hall–Kier alpha value is -3.82. The lowest BCUT2D eigenvalue weighted by Crippen LogP contribution is -2.23. The number of hydrogen-bond donors (Lipinski definition) is 1. The molecule has 0 aliphatic carbocycles. The molecule has 3 aromatic rings. The van der Waals surface area contributed by atoms with Gasteiger partial charge in [-0.1, -0.05) is 29.8 Å². The highest BCUT2D eigenvalue weighted by Gasteiger charge is 2.30. The minimum Gasteiger partial charge on any atom is -0.493 e. The van der Waals surface area contributed by atoms with Gasteiger partial charge in [-0.25, -0.2) is 14.2 Å². The number of ether oxygens (including phenoxy) is 2. The summed E-state index contributed by atoms with van der Waals surface area (Å²) in [5.74, 6) is -1.07. The summed E-state index contributed by atoms with van der Waals surface area (Å²) in [6, 6.07) is 15.6. The molecule has 4 rings (SSSR count). The Morgan fingerprint density at radius 2 is 1.92 bits per heavy atom. The molecule has 1 fully saturated rings. The monoisotopic (exact) mass is 526 g/mol. The Labute approximate surface area is 215 Å². The van der Waals surface area contributed by atoms with E-state index in [1.165, 1.54) is 42.0 Å². The molecule has 1 heterocycles. The zero-order chi connectivity index (χ0) is 25.8. The largest absolute Gasteiger partial charge is 0.493 e. The minimum atomic E-state index is -1.03. The normalized spacial score (nSPS) is 15.6. The van der Waals surface area contributed by atoms with Crippen molar-refractivity contribution in [2.24, 2.45) is 4.99 Å². The fourth-order valence-corrected chi connectivity index (χ4v) is 4.58. The Bertz CT molecular complexity index is 1390. The zero-order valence-electron chi connectivity index (χ0n) is 19.2. The molecule has 1 N–H and O–H groups in total. The van der Waals surface area contributed by atoms with E-state index in [0.717, 1.165) is 0 Å². The van der Waals surface area contributed by atoms with Crippen LogP contribution in [0.25, 0.3) is 6.08 Å². The standard InChI is InChI=1S/C26H20ClFN2O5S/c1-30-24(31)22(36-26(30)29-18-9-7-16(8-10-18)25(32)33)13-15-11-19(27)23(21(12-15)34-2)35-14-17-5-3-4-6-20(17)28/h3-13H,14H2,1-2H3,(H,32,33)/b22-13-,29-26?. The van der Waals surface area contributed by atoms with Crippen LogP contribution in [-0.4, -0.2) is 41.2 Å². The van der Waals surface area contributed by atoms with Crippen LogP contribution in [0.4, 0.5) is 10.1 Å². The molecule has 0 unspecified atom stereocenters. The molecule has 1 aliphatic heterocycles. The van der Waals surface area contributed by atoms with Crippen LogP contribution in [-0.2, 0) is 11.4 Å². The van der Waals surface area contributed by atoms with Crippen LogP contribution < -0.4 is 9.47 Å². The van der Waals surface area contributed by atoms with Gasteiger partial charge in [-0.05, 0) is 65.9 Å². The highest BCUT2D eigenvalue weighted by Crippen LogP contribution is 2.39. The molecule has 1 saturated heterocycles. The van der Waals surface area contributed by atoms with Gasteiger partial charge >= 0.3 is 5.97 Å². The van der Waals surface area contributed by atoms with Gasteiger partial charge in [0.15, 0.2) is 16.7 Å². The molecule has 0 saturated carbocycles. The number of amidine groups is 1. The molecule has 1 amide bonds. The highest BCUT2D eigenvalue weighted by molar-refractivity contribution is 8.18. The Morgan fingerprint density at radius 1 is 1.19 bits per heavy atom. The maximum absolute atomic E-state index is 13.9. The van der Waals surface area contributed by atoms with Crippen LogP contribution in [0, 0.1) is 5.82 Å². The molecule has 0 spiro atoms. The number of benzene rings is 3. The van der Waals surface area contributed by atoms with Crippen molar-refractivity contribution in [1.29, 1.82) is 0 Å². The van der Waals surface area contributed by atoms with Gasteiger partial charge in [0.05, 0.1) is 28.3 Å². The molecule has 36 heavy (non-hydrogen) atoms. The van der Waals surface area contributed by atoms with Crippen molar-refractivity contribution in [3.05, 3.63) is 93.1 Å². The van der Waals surface area contributed by atoms with Gasteiger partial charge in [0, 0.05) is 12.6 Å². The number of halogens is 2. The number of carboxylic acids is 1. The number of methoxy groups -OCH3 is 1. The third kappa shape index (κ3) is 5.53. The van der Waals surface area contributed by atoms with Crippen molar-refractivity contribution in [1.82, 2.24) is 4.90 Å². The first-order chi connectivity index (χ1) is 17.3. The van der Waals surface area contributed by atoms with Crippen molar-refractivity contribution in [3.63, 3.8) is 0 Å². The highest BCUT2D eigenvalue weighted by atomic mass is 35.5. The number of thioether (sulfide) groups is 1. The van der Waals surface area contributed by atoms with E-state index < -0.39 is 5.97 Å². The van der Waals surface area contributed by atoms with Crippen molar-refractivity contribution in [2.45, 2.75) is 6.61 Å². The maximum Gasteiger partial charge on any atom is 0.335 e. The molecule has 0 bridgehead atoms. The lowest BCUT2D eigenvalue weighted by molar-refractivity contribution is -0.121. The number of carbonyl (C=O) groups is 2. The van der Waals surface area contributed by atoms with Crippen molar-refractivity contribution < 1.29 is 28.6 Å². The number of likely N-dealkylation sites (N-methyl/N-ethyl adjacent to an activating group) is 1. The predicted molar refractivity (Wildman–Crippen MR) is 138 cm³/mol. The van der Waals surface area contributed by atoms with E-state index >= 15 is 0 Å². The molecule has 1 aliphatic rings. The number of aromatic carboxylic acids is 1. The SMILES string of the molecule is COc1cc(/C=C2\SC(=Nc3ccc(C(=O)O)cc3)N(C)C2=O)cc(Cl)c1OCc1ccccc1F. The Kier molecular flexibility index (Phi) is 7.61. The summed E-state index contributed by atoms with van der Waals surface area (Å²) < 4.78 is 25.1. The van der Waals surface area contributed by atoms with Gasteiger partial charge in [0.25, 0.3) is 5.91 Å². The van der Waals surface area contributed by atoms with E-state index in [-0.39, 0.29) is 34.7 Å². The molecule has 10 heteroatoms. The van der Waals surface area contributed by atoms with E-state index in [9.17, 15) is 14.0 Å². The van der Waals surface area contributed by atoms with E-state index in [1.54, 1.807) is 55.6 Å². The molecule has 0 atom stereocenters. The third-order valence-electron chi connectivity index (χ3n) is 5.22. The molecular formula is C26H20ClFN2O5S. The zero-order valence-corrected chi connectivity index (χ0v) is 20.8. The number of rotatable bonds is 7. The smallest absolute Gasteiger partial charge is 0.335 e. The van der Waals surface area contributed by atoms with E-state index in [4.69, 9.17) is 26.2 Å². The van der Waals surface area contributed by atoms with Crippen LogP contribution in [0.15, 0.2) is 70.6 Å². The van der Waals surface area contributed by atoms with Crippen LogP contribution in [0.3, 0.4) is 0 Å². The Balaban J connectivity index is 1.56. The first kappa shape index (κ1) is 25.3. The summed E-state index contributed by atoms with van der Waals surface area (Å²) in [5, 5.41) is 9.72. The molecule has 3 aromatic carbocycles. The first-order valence-corrected chi connectivity index (χ1v) is 11.8. The topological polar surface area (TPSA) is 88.4 Å². The number of nitrogens with zero attached hydrogens (tertiary/aromatic N) is 2. The van der Waals surface area contributed by atoms with Gasteiger partial charge in [0.1, 0.15) is 12.4 Å². The fraction of sp³-hybridized carbons (Fsp3) is 0.115. The minimum absolute atomic E-state index is 0.0322. The summed E-state index contributed by atoms with van der Waals surface area (Å²) in [6.45, 7) is -0.0322. The summed E-state index contributed by atoms with van der Waals surface area (Å²) >= 11 is 7.62. The van der Waals surface area contributed by atoms with Crippen LogP contribution in [0.2, 0.25) is 5.02 Å². The number of aliphatic imine (C=N–C) groups is 1. The number of amides is 1. The molecule has 0 radical (unpaired) electrons. The maximum atomic E-state index is 13.9. The van der Waals surface area contributed by atoms with E-state index in [0.29, 0.717) is 32.6 Å². The van der Waals surface area contributed by atoms with Crippen molar-refractivity contribution in [2.75, 3.05) is 14.2 Å². The summed E-state index contributed by atoms with van der Waals surface area (Å²) in [6.07, 6.45) is 1.66. The van der Waals surface area contributed by atoms with Gasteiger partial charge in [0.2, 0.25) is 0 Å². The quantitative estimate of drug-likeness (QED) is 0.380. The Morgan fingerprint density at radius 3 is 2.58 bits per heavy atom. The molecular weight excluding hydrogens is 507 g/mol. The van der Waals surface area contributed by atoms with Crippen molar-refractivity contribution in [3.8, 4) is 11.5 Å². The summed E-state index contributed by atoms with van der Waals surface area (Å²) in [5.41, 5.74) is 1.65. The van der Waals surface area contributed by atoms with Crippen LogP contribution in [0.5, 0.6) is 11.5 Å². The second-order valence-corrected chi connectivity index (χ2v) is 9.05. The number of hydrogen-bond acceptors (Lipinski definition) is 6. The predicted octanol–water partition coefficient (Wildman–Crippen LogP) is 6.00. The second-order valence-electron chi connectivity index (χ2n) is 7.64. The summed E-state index contributed by atoms with van der Waals surface area (Å²) in [7, 11) is 3.07. The number of carboxylic acid groups (broad SMARTS) is 1. The van der Waals surface area contributed by atoms with Crippen LogP contribution >= 0.6 is 23.4 Å². The van der Waals surface area contributed by atoms with Gasteiger partial charge in [-0.15, -0.1) is 0 Å². The average molecular weight is 527 g/mol. The van der Waals surface area contributed by atoms with Crippen molar-refractivity contribution >= 4 is 52.2 Å². The van der Waals surface area contributed by atoms with Gasteiger partial charge in [-0.3, -0.25) is 9.69 Å². The fourth-order valence-electron chi connectivity index (χ4n) is 3.32. The molecule has 0 aromatic heterocycles. The molecule has 184 valence electrons. The third-order valence-corrected chi connectivity index (χ3v) is 6.56. The average Bonchev–Trinajstić information content (AvgIpc) is 3.12. The molecule has 7 nitrogen and oxygen atoms in total.